The summed E-state index contributed by atoms with van der Waals surface area (Å²) in [6.45, 7) is 7.00. The first-order valence-corrected chi connectivity index (χ1v) is 6.70. The van der Waals surface area contributed by atoms with E-state index in [0.717, 1.165) is 55.0 Å². The van der Waals surface area contributed by atoms with Crippen molar-refractivity contribution in [2.24, 2.45) is 0 Å². The van der Waals surface area contributed by atoms with E-state index >= 15 is 0 Å². The summed E-state index contributed by atoms with van der Waals surface area (Å²) in [7, 11) is 0. The van der Waals surface area contributed by atoms with Crippen molar-refractivity contribution >= 4 is 5.95 Å². The molecule has 0 atom stereocenters. The van der Waals surface area contributed by atoms with E-state index in [-0.39, 0.29) is 0 Å². The average molecular weight is 271 g/mol. The van der Waals surface area contributed by atoms with Crippen molar-refractivity contribution < 1.29 is 4.74 Å². The lowest BCUT2D eigenvalue weighted by molar-refractivity contribution is 0.122. The van der Waals surface area contributed by atoms with Gasteiger partial charge < -0.3 is 9.64 Å². The zero-order valence-corrected chi connectivity index (χ0v) is 11.7. The minimum Gasteiger partial charge on any atom is -0.378 e. The fourth-order valence-corrected chi connectivity index (χ4v) is 2.23. The SMILES string of the molecule is Cc1nccc(-c2cnc(N3CCOCC3)nc2C)n1. The Kier molecular flexibility index (Phi) is 3.56. The number of anilines is 1. The third-order valence-corrected chi connectivity index (χ3v) is 3.31. The van der Waals surface area contributed by atoms with E-state index < -0.39 is 0 Å². The first-order valence-electron chi connectivity index (χ1n) is 6.70. The van der Waals surface area contributed by atoms with Crippen molar-refractivity contribution in [3.8, 4) is 11.3 Å². The van der Waals surface area contributed by atoms with Crippen LogP contribution in [0.15, 0.2) is 18.5 Å². The third kappa shape index (κ3) is 2.60. The van der Waals surface area contributed by atoms with Crippen LogP contribution >= 0.6 is 0 Å². The van der Waals surface area contributed by atoms with Crippen molar-refractivity contribution in [1.29, 1.82) is 0 Å². The highest BCUT2D eigenvalue weighted by molar-refractivity contribution is 5.61. The van der Waals surface area contributed by atoms with Gasteiger partial charge in [-0.2, -0.15) is 0 Å². The molecule has 20 heavy (non-hydrogen) atoms. The average Bonchev–Trinajstić information content (AvgIpc) is 2.48. The molecule has 0 unspecified atom stereocenters. The maximum atomic E-state index is 5.34. The zero-order chi connectivity index (χ0) is 13.9. The van der Waals surface area contributed by atoms with Crippen LogP contribution in [0.4, 0.5) is 5.95 Å². The van der Waals surface area contributed by atoms with Gasteiger partial charge in [-0.25, -0.2) is 19.9 Å². The molecule has 2 aromatic heterocycles. The molecule has 0 spiro atoms. The highest BCUT2D eigenvalue weighted by Crippen LogP contribution is 2.21. The smallest absolute Gasteiger partial charge is 0.225 e. The summed E-state index contributed by atoms with van der Waals surface area (Å²) in [5, 5.41) is 0. The zero-order valence-electron chi connectivity index (χ0n) is 11.7. The van der Waals surface area contributed by atoms with E-state index in [1.54, 1.807) is 6.20 Å². The molecular weight excluding hydrogens is 254 g/mol. The highest BCUT2D eigenvalue weighted by atomic mass is 16.5. The van der Waals surface area contributed by atoms with E-state index in [2.05, 4.69) is 24.8 Å². The minimum atomic E-state index is 0.731. The van der Waals surface area contributed by atoms with Gasteiger partial charge in [-0.15, -0.1) is 0 Å². The standard InChI is InChI=1S/C14H17N5O/c1-10-12(13-3-4-15-11(2)18-13)9-16-14(17-10)19-5-7-20-8-6-19/h3-4,9H,5-8H2,1-2H3. The normalized spacial score (nSPS) is 15.4. The molecule has 3 rings (SSSR count). The summed E-state index contributed by atoms with van der Waals surface area (Å²) in [5.41, 5.74) is 2.75. The first-order chi connectivity index (χ1) is 9.74. The number of rotatable bonds is 2. The van der Waals surface area contributed by atoms with Crippen LogP contribution in [0.25, 0.3) is 11.3 Å². The van der Waals surface area contributed by atoms with Gasteiger partial charge >= 0.3 is 0 Å². The van der Waals surface area contributed by atoms with Gasteiger partial charge in [0.2, 0.25) is 5.95 Å². The molecule has 2 aromatic rings. The largest absolute Gasteiger partial charge is 0.378 e. The molecule has 1 fully saturated rings. The highest BCUT2D eigenvalue weighted by Gasteiger charge is 2.15. The fraction of sp³-hybridized carbons (Fsp3) is 0.429. The van der Waals surface area contributed by atoms with Crippen molar-refractivity contribution in [3.63, 3.8) is 0 Å². The molecule has 0 bridgehead atoms. The molecule has 6 nitrogen and oxygen atoms in total. The van der Waals surface area contributed by atoms with Crippen molar-refractivity contribution in [2.75, 3.05) is 31.2 Å². The molecule has 1 aliphatic heterocycles. The van der Waals surface area contributed by atoms with Gasteiger partial charge in [-0.1, -0.05) is 0 Å². The molecule has 0 N–H and O–H groups in total. The van der Waals surface area contributed by atoms with Gasteiger partial charge in [-0.3, -0.25) is 0 Å². The van der Waals surface area contributed by atoms with Gasteiger partial charge in [0.05, 0.1) is 24.6 Å². The van der Waals surface area contributed by atoms with Crippen LogP contribution in [0, 0.1) is 13.8 Å². The van der Waals surface area contributed by atoms with E-state index in [0.29, 0.717) is 0 Å². The third-order valence-electron chi connectivity index (χ3n) is 3.31. The maximum absolute atomic E-state index is 5.34. The second-order valence-electron chi connectivity index (χ2n) is 4.76. The topological polar surface area (TPSA) is 64.0 Å². The lowest BCUT2D eigenvalue weighted by atomic mass is 10.2. The second-order valence-corrected chi connectivity index (χ2v) is 4.76. The molecule has 6 heteroatoms. The number of aryl methyl sites for hydroxylation is 2. The molecular formula is C14H17N5O. The summed E-state index contributed by atoms with van der Waals surface area (Å²) in [6, 6.07) is 1.88. The number of morpholine rings is 1. The Labute approximate surface area is 117 Å². The summed E-state index contributed by atoms with van der Waals surface area (Å²) in [5.74, 6) is 1.51. The molecule has 104 valence electrons. The Morgan fingerprint density at radius 2 is 1.90 bits per heavy atom. The minimum absolute atomic E-state index is 0.731. The quantitative estimate of drug-likeness (QED) is 0.822. The predicted molar refractivity (Wildman–Crippen MR) is 75.6 cm³/mol. The summed E-state index contributed by atoms with van der Waals surface area (Å²) in [6.07, 6.45) is 3.60. The van der Waals surface area contributed by atoms with E-state index in [1.807, 2.05) is 26.1 Å². The van der Waals surface area contributed by atoms with Gasteiger partial charge in [0.25, 0.3) is 0 Å². The molecule has 0 radical (unpaired) electrons. The van der Waals surface area contributed by atoms with Crippen molar-refractivity contribution in [1.82, 2.24) is 19.9 Å². The lowest BCUT2D eigenvalue weighted by Crippen LogP contribution is -2.37. The first kappa shape index (κ1) is 12.9. The van der Waals surface area contributed by atoms with E-state index in [9.17, 15) is 0 Å². The molecule has 3 heterocycles. The van der Waals surface area contributed by atoms with Gasteiger partial charge in [0.15, 0.2) is 0 Å². The summed E-state index contributed by atoms with van der Waals surface area (Å²) in [4.78, 5) is 19.7. The van der Waals surface area contributed by atoms with Crippen LogP contribution in [-0.2, 0) is 4.74 Å². The van der Waals surface area contributed by atoms with Crippen LogP contribution in [0.5, 0.6) is 0 Å². The fourth-order valence-electron chi connectivity index (χ4n) is 2.23. The molecule has 1 saturated heterocycles. The van der Waals surface area contributed by atoms with Gasteiger partial charge in [-0.05, 0) is 19.9 Å². The number of hydrogen-bond donors (Lipinski definition) is 0. The van der Waals surface area contributed by atoms with Crippen molar-refractivity contribution in [3.05, 3.63) is 30.0 Å². The van der Waals surface area contributed by atoms with Crippen LogP contribution in [0.1, 0.15) is 11.5 Å². The molecule has 0 aliphatic carbocycles. The monoisotopic (exact) mass is 271 g/mol. The van der Waals surface area contributed by atoms with Gasteiger partial charge in [0.1, 0.15) is 5.82 Å². The molecule has 1 aliphatic rings. The van der Waals surface area contributed by atoms with Crippen molar-refractivity contribution in [2.45, 2.75) is 13.8 Å². The number of ether oxygens (including phenoxy) is 1. The summed E-state index contributed by atoms with van der Waals surface area (Å²) < 4.78 is 5.34. The van der Waals surface area contributed by atoms with E-state index in [1.165, 1.54) is 0 Å². The molecule has 0 amide bonds. The lowest BCUT2D eigenvalue weighted by Gasteiger charge is -2.27. The van der Waals surface area contributed by atoms with Crippen LogP contribution in [0.3, 0.4) is 0 Å². The van der Waals surface area contributed by atoms with Crippen LogP contribution in [0.2, 0.25) is 0 Å². The Morgan fingerprint density at radius 3 is 2.60 bits per heavy atom. The predicted octanol–water partition coefficient (Wildman–Crippen LogP) is 1.39. The van der Waals surface area contributed by atoms with Crippen LogP contribution in [-0.4, -0.2) is 46.2 Å². The van der Waals surface area contributed by atoms with Gasteiger partial charge in [0, 0.05) is 31.0 Å². The van der Waals surface area contributed by atoms with E-state index in [4.69, 9.17) is 4.74 Å². The maximum Gasteiger partial charge on any atom is 0.225 e. The Bertz CT molecular complexity index is 610. The van der Waals surface area contributed by atoms with Crippen LogP contribution < -0.4 is 4.90 Å². The number of nitrogens with zero attached hydrogens (tertiary/aromatic N) is 5. The Hall–Kier alpha value is -2.08. The Morgan fingerprint density at radius 1 is 1.10 bits per heavy atom. The molecule has 0 aromatic carbocycles. The molecule has 0 saturated carbocycles. The number of aromatic nitrogens is 4. The number of hydrogen-bond acceptors (Lipinski definition) is 6. The summed E-state index contributed by atoms with van der Waals surface area (Å²) >= 11 is 0. The second kappa shape index (κ2) is 5.50. The Balaban J connectivity index is 1.91.